The number of nitrogens with zero attached hydrogens (tertiary/aromatic N) is 2. The van der Waals surface area contributed by atoms with E-state index in [2.05, 4.69) is 15.5 Å². The third-order valence-electron chi connectivity index (χ3n) is 4.82. The Kier molecular flexibility index (Phi) is 5.81. The Morgan fingerprint density at radius 2 is 1.85 bits per heavy atom. The lowest BCUT2D eigenvalue weighted by atomic mass is 9.97. The molecule has 1 aromatic carbocycles. The van der Waals surface area contributed by atoms with Crippen LogP contribution in [0.3, 0.4) is 0 Å². The highest BCUT2D eigenvalue weighted by atomic mass is 32.2. The summed E-state index contributed by atoms with van der Waals surface area (Å²) < 4.78 is 16.3. The molecule has 27 heavy (non-hydrogen) atoms. The summed E-state index contributed by atoms with van der Waals surface area (Å²) in [5, 5.41) is 11.6. The summed E-state index contributed by atoms with van der Waals surface area (Å²) in [4.78, 5) is 12.2. The molecule has 2 aliphatic rings. The number of rotatable bonds is 5. The molecule has 1 N–H and O–H groups in total. The highest BCUT2D eigenvalue weighted by Gasteiger charge is 2.18. The van der Waals surface area contributed by atoms with Crippen molar-refractivity contribution in [2.45, 2.75) is 56.2 Å². The smallest absolute Gasteiger partial charge is 0.277 e. The van der Waals surface area contributed by atoms with Crippen LogP contribution < -0.4 is 14.8 Å². The van der Waals surface area contributed by atoms with E-state index in [9.17, 15) is 4.79 Å². The number of hydrogen-bond acceptors (Lipinski definition) is 7. The number of amides is 1. The average molecular weight is 389 g/mol. The van der Waals surface area contributed by atoms with Gasteiger partial charge in [-0.25, -0.2) is 0 Å². The largest absolute Gasteiger partial charge is 0.454 e. The van der Waals surface area contributed by atoms with E-state index in [-0.39, 0.29) is 18.5 Å². The minimum atomic E-state index is 0.0217. The fourth-order valence-corrected chi connectivity index (χ4v) is 3.99. The van der Waals surface area contributed by atoms with Crippen LogP contribution in [-0.4, -0.2) is 34.7 Å². The Labute approximate surface area is 162 Å². The number of ether oxygens (including phenoxy) is 2. The standard InChI is InChI=1S/C19H23N3O4S/c23-17(20-14-6-4-2-1-3-5-7-14)11-27-19-22-21-18(26-19)13-8-9-15-16(10-13)25-12-24-15/h8-10,14H,1-7,11-12H2,(H,20,23). The van der Waals surface area contributed by atoms with Crippen LogP contribution in [0.15, 0.2) is 27.8 Å². The summed E-state index contributed by atoms with van der Waals surface area (Å²) in [5.41, 5.74) is 0.762. The molecule has 7 nitrogen and oxygen atoms in total. The third kappa shape index (κ3) is 4.74. The molecule has 4 rings (SSSR count). The van der Waals surface area contributed by atoms with Crippen molar-refractivity contribution in [1.29, 1.82) is 0 Å². The molecular formula is C19H23N3O4S. The molecule has 1 amide bonds. The maximum atomic E-state index is 12.2. The number of benzene rings is 1. The summed E-state index contributed by atoms with van der Waals surface area (Å²) in [7, 11) is 0. The van der Waals surface area contributed by atoms with Gasteiger partial charge in [-0.3, -0.25) is 4.79 Å². The Morgan fingerprint density at radius 1 is 1.07 bits per heavy atom. The minimum Gasteiger partial charge on any atom is -0.454 e. The molecule has 1 aliphatic heterocycles. The van der Waals surface area contributed by atoms with Crippen LogP contribution in [0, 0.1) is 0 Å². The van der Waals surface area contributed by atoms with Gasteiger partial charge < -0.3 is 19.2 Å². The summed E-state index contributed by atoms with van der Waals surface area (Å²) >= 11 is 1.26. The van der Waals surface area contributed by atoms with E-state index in [1.54, 1.807) is 0 Å². The first-order valence-electron chi connectivity index (χ1n) is 9.43. The van der Waals surface area contributed by atoms with E-state index < -0.39 is 0 Å². The second kappa shape index (κ2) is 8.65. The average Bonchev–Trinajstić information content (AvgIpc) is 3.30. The Hall–Kier alpha value is -2.22. The molecule has 144 valence electrons. The van der Waals surface area contributed by atoms with Crippen LogP contribution in [-0.2, 0) is 4.79 Å². The molecule has 1 aliphatic carbocycles. The molecule has 0 radical (unpaired) electrons. The lowest BCUT2D eigenvalue weighted by molar-refractivity contribution is -0.119. The lowest BCUT2D eigenvalue weighted by Gasteiger charge is -2.20. The van der Waals surface area contributed by atoms with E-state index in [0.717, 1.165) is 18.4 Å². The summed E-state index contributed by atoms with van der Waals surface area (Å²) in [5.74, 6) is 2.07. The maximum absolute atomic E-state index is 12.2. The predicted molar refractivity (Wildman–Crippen MR) is 101 cm³/mol. The Bertz CT molecular complexity index is 787. The van der Waals surface area contributed by atoms with Crippen LogP contribution in [0.4, 0.5) is 0 Å². The minimum absolute atomic E-state index is 0.0217. The van der Waals surface area contributed by atoms with Crippen molar-refractivity contribution in [3.05, 3.63) is 18.2 Å². The molecule has 0 saturated heterocycles. The molecule has 8 heteroatoms. The number of hydrogen-bond donors (Lipinski definition) is 1. The zero-order valence-electron chi connectivity index (χ0n) is 15.1. The number of carbonyl (C=O) groups excluding carboxylic acids is 1. The summed E-state index contributed by atoms with van der Waals surface area (Å²) in [6, 6.07) is 5.77. The molecule has 1 fully saturated rings. The first kappa shape index (κ1) is 18.2. The van der Waals surface area contributed by atoms with Crippen LogP contribution in [0.1, 0.15) is 44.9 Å². The predicted octanol–water partition coefficient (Wildman–Crippen LogP) is 3.79. The maximum Gasteiger partial charge on any atom is 0.277 e. The quantitative estimate of drug-likeness (QED) is 0.779. The SMILES string of the molecule is O=C(CSc1nnc(-c2ccc3c(c2)OCO3)o1)NC1CCCCCCC1. The van der Waals surface area contributed by atoms with Crippen LogP contribution in [0.25, 0.3) is 11.5 Å². The van der Waals surface area contributed by atoms with Gasteiger partial charge in [0.15, 0.2) is 11.5 Å². The van der Waals surface area contributed by atoms with Crippen molar-refractivity contribution in [1.82, 2.24) is 15.5 Å². The van der Waals surface area contributed by atoms with Gasteiger partial charge in [0.25, 0.3) is 5.22 Å². The van der Waals surface area contributed by atoms with Crippen LogP contribution in [0.2, 0.25) is 0 Å². The fourth-order valence-electron chi connectivity index (χ4n) is 3.41. The van der Waals surface area contributed by atoms with E-state index in [1.807, 2.05) is 18.2 Å². The number of aromatic nitrogens is 2. The number of carbonyl (C=O) groups is 1. The molecular weight excluding hydrogens is 366 g/mol. The third-order valence-corrected chi connectivity index (χ3v) is 5.64. The fraction of sp³-hybridized carbons (Fsp3) is 0.526. The second-order valence-electron chi connectivity index (χ2n) is 6.84. The normalized spacial score (nSPS) is 17.3. The highest BCUT2D eigenvalue weighted by Crippen LogP contribution is 2.36. The van der Waals surface area contributed by atoms with Crippen molar-refractivity contribution in [3.63, 3.8) is 0 Å². The molecule has 2 aromatic rings. The topological polar surface area (TPSA) is 86.5 Å². The Balaban J connectivity index is 1.29. The molecule has 0 unspecified atom stereocenters. The molecule has 1 saturated carbocycles. The van der Waals surface area contributed by atoms with Gasteiger partial charge in [0.1, 0.15) is 0 Å². The molecule has 0 spiro atoms. The second-order valence-corrected chi connectivity index (χ2v) is 7.77. The van der Waals surface area contributed by atoms with Gasteiger partial charge in [-0.05, 0) is 31.0 Å². The van der Waals surface area contributed by atoms with E-state index in [1.165, 1.54) is 43.9 Å². The van der Waals surface area contributed by atoms with E-state index in [4.69, 9.17) is 13.9 Å². The highest BCUT2D eigenvalue weighted by molar-refractivity contribution is 7.99. The Morgan fingerprint density at radius 3 is 2.70 bits per heavy atom. The van der Waals surface area contributed by atoms with Crippen molar-refractivity contribution in [3.8, 4) is 23.0 Å². The first-order chi connectivity index (χ1) is 13.3. The van der Waals surface area contributed by atoms with Gasteiger partial charge >= 0.3 is 0 Å². The van der Waals surface area contributed by atoms with Gasteiger partial charge in [0, 0.05) is 11.6 Å². The van der Waals surface area contributed by atoms with Crippen molar-refractivity contribution in [2.24, 2.45) is 0 Å². The summed E-state index contributed by atoms with van der Waals surface area (Å²) in [6.07, 6.45) is 8.40. The number of nitrogens with one attached hydrogen (secondary N) is 1. The van der Waals surface area contributed by atoms with E-state index >= 15 is 0 Å². The molecule has 1 aromatic heterocycles. The zero-order valence-corrected chi connectivity index (χ0v) is 15.9. The van der Waals surface area contributed by atoms with Crippen LogP contribution >= 0.6 is 11.8 Å². The van der Waals surface area contributed by atoms with Crippen molar-refractivity contribution in [2.75, 3.05) is 12.5 Å². The molecule has 2 heterocycles. The van der Waals surface area contributed by atoms with Crippen molar-refractivity contribution >= 4 is 17.7 Å². The monoisotopic (exact) mass is 389 g/mol. The zero-order chi connectivity index (χ0) is 18.5. The van der Waals surface area contributed by atoms with Gasteiger partial charge in [-0.1, -0.05) is 43.9 Å². The summed E-state index contributed by atoms with van der Waals surface area (Å²) in [6.45, 7) is 0.222. The van der Waals surface area contributed by atoms with Gasteiger partial charge in [-0.15, -0.1) is 10.2 Å². The molecule has 0 atom stereocenters. The lowest BCUT2D eigenvalue weighted by Crippen LogP contribution is -2.36. The first-order valence-corrected chi connectivity index (χ1v) is 10.4. The number of thioether (sulfide) groups is 1. The van der Waals surface area contributed by atoms with Gasteiger partial charge in [0.05, 0.1) is 5.75 Å². The van der Waals surface area contributed by atoms with E-state index in [0.29, 0.717) is 28.7 Å². The van der Waals surface area contributed by atoms with Gasteiger partial charge in [0.2, 0.25) is 18.6 Å². The van der Waals surface area contributed by atoms with Crippen LogP contribution in [0.5, 0.6) is 11.5 Å². The number of fused-ring (bicyclic) bond motifs is 1. The van der Waals surface area contributed by atoms with Gasteiger partial charge in [-0.2, -0.15) is 0 Å². The van der Waals surface area contributed by atoms with Crippen molar-refractivity contribution < 1.29 is 18.7 Å². The molecule has 0 bridgehead atoms.